The molecule has 0 fully saturated rings. The molecular weight excluding hydrogens is 232 g/mol. The first-order valence-electron chi connectivity index (χ1n) is 6.24. The van der Waals surface area contributed by atoms with Crippen LogP contribution in [-0.2, 0) is 0 Å². The number of aliphatic hydroxyl groups is 1. The van der Waals surface area contributed by atoms with Gasteiger partial charge in [0.15, 0.2) is 6.29 Å². The van der Waals surface area contributed by atoms with E-state index in [2.05, 4.69) is 0 Å². The van der Waals surface area contributed by atoms with Gasteiger partial charge in [-0.05, 0) is 25.0 Å². The summed E-state index contributed by atoms with van der Waals surface area (Å²) in [6.45, 7) is 4.69. The number of hydrogen-bond donors (Lipinski definition) is 1. The molecule has 0 saturated heterocycles. The summed E-state index contributed by atoms with van der Waals surface area (Å²) in [5, 5.41) is 9.45. The van der Waals surface area contributed by atoms with Crippen molar-refractivity contribution in [2.24, 2.45) is 0 Å². The number of ether oxygens (including phenoxy) is 2. The molecule has 1 rings (SSSR count). The summed E-state index contributed by atoms with van der Waals surface area (Å²) in [4.78, 5) is 10.9. The Morgan fingerprint density at radius 2 is 2.11 bits per heavy atom. The van der Waals surface area contributed by atoms with E-state index in [-0.39, 0.29) is 6.61 Å². The molecule has 0 saturated carbocycles. The van der Waals surface area contributed by atoms with E-state index in [1.165, 1.54) is 0 Å². The lowest BCUT2D eigenvalue weighted by molar-refractivity contribution is 0.101. The standard InChI is InChI=1S/C14H20O4/c1-3-7-17-13-6-5-11(9-15)14(8-13)18-10-12(16)4-2/h5-6,8-9,12,16H,3-4,7,10H2,1-2H3. The molecule has 1 N–H and O–H groups in total. The lowest BCUT2D eigenvalue weighted by Crippen LogP contribution is -2.16. The SMILES string of the molecule is CCCOc1ccc(C=O)c(OCC(O)CC)c1. The third kappa shape index (κ3) is 4.37. The number of rotatable bonds is 8. The van der Waals surface area contributed by atoms with E-state index in [9.17, 15) is 9.90 Å². The van der Waals surface area contributed by atoms with E-state index in [1.807, 2.05) is 13.8 Å². The van der Waals surface area contributed by atoms with Gasteiger partial charge in [-0.2, -0.15) is 0 Å². The van der Waals surface area contributed by atoms with Crippen molar-refractivity contribution in [1.29, 1.82) is 0 Å². The quantitative estimate of drug-likeness (QED) is 0.722. The van der Waals surface area contributed by atoms with Crippen molar-refractivity contribution < 1.29 is 19.4 Å². The fraction of sp³-hybridized carbons (Fsp3) is 0.500. The van der Waals surface area contributed by atoms with Crippen molar-refractivity contribution in [2.75, 3.05) is 13.2 Å². The number of aliphatic hydroxyl groups excluding tert-OH is 1. The van der Waals surface area contributed by atoms with Crippen molar-refractivity contribution in [3.05, 3.63) is 23.8 Å². The van der Waals surface area contributed by atoms with E-state index in [1.54, 1.807) is 18.2 Å². The summed E-state index contributed by atoms with van der Waals surface area (Å²) in [6, 6.07) is 5.08. The number of hydrogen-bond acceptors (Lipinski definition) is 4. The first-order chi connectivity index (χ1) is 8.71. The largest absolute Gasteiger partial charge is 0.493 e. The molecule has 1 aromatic rings. The van der Waals surface area contributed by atoms with Gasteiger partial charge in [0.2, 0.25) is 0 Å². The number of carbonyl (C=O) groups excluding carboxylic acids is 1. The van der Waals surface area contributed by atoms with Crippen LogP contribution < -0.4 is 9.47 Å². The predicted octanol–water partition coefficient (Wildman–Crippen LogP) is 2.44. The Morgan fingerprint density at radius 3 is 2.72 bits per heavy atom. The molecule has 0 aliphatic rings. The molecule has 0 heterocycles. The highest BCUT2D eigenvalue weighted by Crippen LogP contribution is 2.24. The zero-order valence-corrected chi connectivity index (χ0v) is 10.9. The smallest absolute Gasteiger partial charge is 0.153 e. The molecule has 1 aromatic carbocycles. The van der Waals surface area contributed by atoms with Gasteiger partial charge in [-0.3, -0.25) is 4.79 Å². The molecule has 0 bridgehead atoms. The predicted molar refractivity (Wildman–Crippen MR) is 69.4 cm³/mol. The summed E-state index contributed by atoms with van der Waals surface area (Å²) in [7, 11) is 0. The van der Waals surface area contributed by atoms with Crippen molar-refractivity contribution >= 4 is 6.29 Å². The Morgan fingerprint density at radius 1 is 1.33 bits per heavy atom. The van der Waals surface area contributed by atoms with E-state index < -0.39 is 6.10 Å². The van der Waals surface area contributed by atoms with Gasteiger partial charge in [-0.1, -0.05) is 13.8 Å². The molecule has 4 nitrogen and oxygen atoms in total. The Balaban J connectivity index is 2.75. The minimum atomic E-state index is -0.523. The number of benzene rings is 1. The van der Waals surface area contributed by atoms with Crippen LogP contribution in [0.1, 0.15) is 37.0 Å². The molecule has 0 aromatic heterocycles. The van der Waals surface area contributed by atoms with Gasteiger partial charge < -0.3 is 14.6 Å². The van der Waals surface area contributed by atoms with Crippen molar-refractivity contribution in [3.8, 4) is 11.5 Å². The second kappa shape index (κ2) is 7.71. The van der Waals surface area contributed by atoms with Gasteiger partial charge in [0.1, 0.15) is 18.1 Å². The summed E-state index contributed by atoms with van der Waals surface area (Å²) >= 11 is 0. The minimum absolute atomic E-state index is 0.175. The van der Waals surface area contributed by atoms with E-state index in [4.69, 9.17) is 9.47 Å². The fourth-order valence-corrected chi connectivity index (χ4v) is 1.35. The van der Waals surface area contributed by atoms with Gasteiger partial charge in [-0.25, -0.2) is 0 Å². The molecule has 1 atom stereocenters. The van der Waals surface area contributed by atoms with E-state index >= 15 is 0 Å². The van der Waals surface area contributed by atoms with Crippen LogP contribution >= 0.6 is 0 Å². The van der Waals surface area contributed by atoms with Gasteiger partial charge in [0.25, 0.3) is 0 Å². The van der Waals surface area contributed by atoms with Crippen LogP contribution in [0.2, 0.25) is 0 Å². The van der Waals surface area contributed by atoms with Gasteiger partial charge in [0, 0.05) is 6.07 Å². The van der Waals surface area contributed by atoms with E-state index in [0.717, 1.165) is 12.7 Å². The Labute approximate surface area is 108 Å². The van der Waals surface area contributed by atoms with Crippen molar-refractivity contribution in [3.63, 3.8) is 0 Å². The Hall–Kier alpha value is -1.55. The van der Waals surface area contributed by atoms with Gasteiger partial charge in [0.05, 0.1) is 18.3 Å². The molecule has 0 aliphatic carbocycles. The average Bonchev–Trinajstić information content (AvgIpc) is 2.42. The molecule has 4 heteroatoms. The number of aldehydes is 1. The van der Waals surface area contributed by atoms with Gasteiger partial charge in [-0.15, -0.1) is 0 Å². The fourth-order valence-electron chi connectivity index (χ4n) is 1.35. The zero-order valence-electron chi connectivity index (χ0n) is 10.9. The average molecular weight is 252 g/mol. The molecule has 0 amide bonds. The normalized spacial score (nSPS) is 11.9. The maximum Gasteiger partial charge on any atom is 0.153 e. The highest BCUT2D eigenvalue weighted by atomic mass is 16.5. The lowest BCUT2D eigenvalue weighted by Gasteiger charge is -2.13. The maximum absolute atomic E-state index is 10.9. The van der Waals surface area contributed by atoms with Crippen LogP contribution in [0, 0.1) is 0 Å². The van der Waals surface area contributed by atoms with Crippen LogP contribution in [0.15, 0.2) is 18.2 Å². The second-order valence-corrected chi connectivity index (χ2v) is 4.04. The van der Waals surface area contributed by atoms with Crippen molar-refractivity contribution in [1.82, 2.24) is 0 Å². The second-order valence-electron chi connectivity index (χ2n) is 4.04. The summed E-state index contributed by atoms with van der Waals surface area (Å²) in [5.74, 6) is 1.12. The third-order valence-electron chi connectivity index (χ3n) is 2.49. The van der Waals surface area contributed by atoms with Crippen LogP contribution in [0.3, 0.4) is 0 Å². The molecule has 1 unspecified atom stereocenters. The minimum Gasteiger partial charge on any atom is -0.493 e. The van der Waals surface area contributed by atoms with Crippen LogP contribution in [-0.4, -0.2) is 30.7 Å². The topological polar surface area (TPSA) is 55.8 Å². The Bertz CT molecular complexity index is 376. The van der Waals surface area contributed by atoms with Crippen LogP contribution in [0.5, 0.6) is 11.5 Å². The first-order valence-corrected chi connectivity index (χ1v) is 6.24. The van der Waals surface area contributed by atoms with Gasteiger partial charge >= 0.3 is 0 Å². The molecular formula is C14H20O4. The maximum atomic E-state index is 10.9. The van der Waals surface area contributed by atoms with Crippen molar-refractivity contribution in [2.45, 2.75) is 32.8 Å². The molecule has 100 valence electrons. The summed E-state index contributed by atoms with van der Waals surface area (Å²) in [5.41, 5.74) is 0.460. The van der Waals surface area contributed by atoms with E-state index in [0.29, 0.717) is 30.1 Å². The van der Waals surface area contributed by atoms with Crippen LogP contribution in [0.4, 0.5) is 0 Å². The molecule has 0 spiro atoms. The first kappa shape index (κ1) is 14.5. The zero-order chi connectivity index (χ0) is 13.4. The molecule has 0 aliphatic heterocycles. The van der Waals surface area contributed by atoms with Crippen LogP contribution in [0.25, 0.3) is 0 Å². The molecule has 18 heavy (non-hydrogen) atoms. The highest BCUT2D eigenvalue weighted by Gasteiger charge is 2.08. The monoisotopic (exact) mass is 252 g/mol. The Kier molecular flexibility index (Phi) is 6.22. The third-order valence-corrected chi connectivity index (χ3v) is 2.49. The lowest BCUT2D eigenvalue weighted by atomic mass is 10.2. The molecule has 0 radical (unpaired) electrons. The summed E-state index contributed by atoms with van der Waals surface area (Å²) in [6.07, 6.45) is 1.74. The number of carbonyl (C=O) groups is 1. The highest BCUT2D eigenvalue weighted by molar-refractivity contribution is 5.79. The summed E-state index contributed by atoms with van der Waals surface area (Å²) < 4.78 is 10.9.